The summed E-state index contributed by atoms with van der Waals surface area (Å²) in [6, 6.07) is 14.8. The fourth-order valence-electron chi connectivity index (χ4n) is 2.05. The van der Waals surface area contributed by atoms with Gasteiger partial charge in [-0.25, -0.2) is 0 Å². The van der Waals surface area contributed by atoms with Gasteiger partial charge in [0.25, 0.3) is 0 Å². The molecule has 0 aromatic heterocycles. The molecule has 0 unspecified atom stereocenters. The zero-order valence-corrected chi connectivity index (χ0v) is 13.0. The van der Waals surface area contributed by atoms with Gasteiger partial charge in [0, 0.05) is 5.56 Å². The van der Waals surface area contributed by atoms with Crippen molar-refractivity contribution in [1.82, 2.24) is 0 Å². The zero-order chi connectivity index (χ0) is 16.3. The third-order valence-corrected chi connectivity index (χ3v) is 3.17. The van der Waals surface area contributed by atoms with Crippen LogP contribution in [0.1, 0.15) is 0 Å². The Morgan fingerprint density at radius 1 is 0.739 bits per heavy atom. The van der Waals surface area contributed by atoms with Crippen LogP contribution in [0.15, 0.2) is 48.5 Å². The van der Waals surface area contributed by atoms with E-state index >= 15 is 0 Å². The number of hydrogen-bond donors (Lipinski definition) is 2. The molecule has 124 valence electrons. The molecule has 0 aliphatic carbocycles. The van der Waals surface area contributed by atoms with Gasteiger partial charge in [-0.2, -0.15) is 0 Å². The fraction of sp³-hybridized carbons (Fsp3) is 0.333. The third kappa shape index (κ3) is 5.90. The minimum Gasteiger partial charge on any atom is -0.507 e. The van der Waals surface area contributed by atoms with Crippen LogP contribution >= 0.6 is 0 Å². The zero-order valence-electron chi connectivity index (χ0n) is 13.0. The van der Waals surface area contributed by atoms with E-state index in [1.54, 1.807) is 12.1 Å². The molecule has 0 amide bonds. The predicted octanol–water partition coefficient (Wildman–Crippen LogP) is 2.46. The van der Waals surface area contributed by atoms with E-state index in [1.807, 2.05) is 36.4 Å². The van der Waals surface area contributed by atoms with Gasteiger partial charge in [-0.1, -0.05) is 30.3 Å². The Hall–Kier alpha value is -2.08. The largest absolute Gasteiger partial charge is 0.507 e. The highest BCUT2D eigenvalue weighted by Crippen LogP contribution is 2.29. The average Bonchev–Trinajstić information content (AvgIpc) is 2.58. The Labute approximate surface area is 136 Å². The van der Waals surface area contributed by atoms with Crippen molar-refractivity contribution >= 4 is 0 Å². The predicted molar refractivity (Wildman–Crippen MR) is 87.8 cm³/mol. The van der Waals surface area contributed by atoms with Crippen LogP contribution in [0.3, 0.4) is 0 Å². The van der Waals surface area contributed by atoms with Gasteiger partial charge in [0.2, 0.25) is 0 Å². The van der Waals surface area contributed by atoms with Gasteiger partial charge < -0.3 is 24.4 Å². The second kappa shape index (κ2) is 9.84. The number of aliphatic hydroxyl groups is 1. The summed E-state index contributed by atoms with van der Waals surface area (Å²) in [5, 5.41) is 18.4. The molecule has 0 saturated heterocycles. The number of phenolic OH excluding ortho intramolecular Hbond substituents is 1. The summed E-state index contributed by atoms with van der Waals surface area (Å²) in [7, 11) is 0. The average molecular weight is 318 g/mol. The van der Waals surface area contributed by atoms with Crippen LogP contribution < -0.4 is 4.74 Å². The molecule has 2 N–H and O–H groups in total. The van der Waals surface area contributed by atoms with Crippen molar-refractivity contribution in [3.8, 4) is 22.6 Å². The molecule has 23 heavy (non-hydrogen) atoms. The summed E-state index contributed by atoms with van der Waals surface area (Å²) < 4.78 is 16.0. The highest BCUT2D eigenvalue weighted by atomic mass is 16.5. The lowest BCUT2D eigenvalue weighted by Crippen LogP contribution is -2.11. The summed E-state index contributed by atoms with van der Waals surface area (Å²) >= 11 is 0. The topological polar surface area (TPSA) is 68.2 Å². The van der Waals surface area contributed by atoms with E-state index in [0.29, 0.717) is 33.0 Å². The third-order valence-electron chi connectivity index (χ3n) is 3.17. The number of ether oxygens (including phenoxy) is 3. The number of para-hydroxylation sites is 1. The highest BCUT2D eigenvalue weighted by molar-refractivity contribution is 5.70. The van der Waals surface area contributed by atoms with Gasteiger partial charge in [-0.15, -0.1) is 0 Å². The van der Waals surface area contributed by atoms with Gasteiger partial charge >= 0.3 is 0 Å². The molecule has 2 aromatic rings. The molecule has 2 rings (SSSR count). The Kier molecular flexibility index (Phi) is 7.39. The van der Waals surface area contributed by atoms with Crippen LogP contribution in [-0.2, 0) is 9.47 Å². The number of rotatable bonds is 10. The van der Waals surface area contributed by atoms with Crippen LogP contribution in [0.5, 0.6) is 11.5 Å². The number of aliphatic hydroxyl groups excluding tert-OH is 1. The summed E-state index contributed by atoms with van der Waals surface area (Å²) in [5.41, 5.74) is 1.73. The Balaban J connectivity index is 1.70. The minimum atomic E-state index is 0.0276. The van der Waals surface area contributed by atoms with Crippen LogP contribution in [0, 0.1) is 0 Å². The van der Waals surface area contributed by atoms with Crippen LogP contribution in [0.25, 0.3) is 11.1 Å². The molecule has 0 atom stereocenters. The molecule has 0 spiro atoms. The maximum atomic E-state index is 9.84. The maximum absolute atomic E-state index is 9.84. The molecule has 0 heterocycles. The quantitative estimate of drug-likeness (QED) is 0.659. The van der Waals surface area contributed by atoms with Crippen molar-refractivity contribution in [2.75, 3.05) is 39.6 Å². The van der Waals surface area contributed by atoms with Crippen molar-refractivity contribution in [2.24, 2.45) is 0 Å². The summed E-state index contributed by atoms with van der Waals surface area (Å²) in [6.45, 7) is 2.24. The highest BCUT2D eigenvalue weighted by Gasteiger charge is 2.03. The van der Waals surface area contributed by atoms with Crippen molar-refractivity contribution in [3.05, 3.63) is 48.5 Å². The fourth-order valence-corrected chi connectivity index (χ4v) is 2.05. The van der Waals surface area contributed by atoms with Gasteiger partial charge in [-0.3, -0.25) is 0 Å². The standard InChI is InChI=1S/C18H22O5/c19-9-10-21-11-12-22-13-14-23-16-7-5-15(6-8-16)17-3-1-2-4-18(17)20/h1-8,19-20H,9-14H2. The normalized spacial score (nSPS) is 10.7. The first-order chi connectivity index (χ1) is 11.3. The van der Waals surface area contributed by atoms with Crippen molar-refractivity contribution < 1.29 is 24.4 Å². The minimum absolute atomic E-state index is 0.0276. The number of aromatic hydroxyl groups is 1. The lowest BCUT2D eigenvalue weighted by atomic mass is 10.0. The molecule has 0 bridgehead atoms. The van der Waals surface area contributed by atoms with E-state index in [2.05, 4.69) is 0 Å². The first-order valence-electron chi connectivity index (χ1n) is 7.59. The second-order valence-corrected chi connectivity index (χ2v) is 4.84. The Morgan fingerprint density at radius 3 is 2.09 bits per heavy atom. The molecule has 0 aliphatic heterocycles. The van der Waals surface area contributed by atoms with Gasteiger partial charge in [0.05, 0.1) is 33.0 Å². The van der Waals surface area contributed by atoms with Crippen molar-refractivity contribution in [1.29, 1.82) is 0 Å². The first kappa shape index (κ1) is 17.3. The smallest absolute Gasteiger partial charge is 0.123 e. The number of benzene rings is 2. The van der Waals surface area contributed by atoms with Gasteiger partial charge in [0.15, 0.2) is 0 Å². The summed E-state index contributed by atoms with van der Waals surface area (Å²) in [6.07, 6.45) is 0. The summed E-state index contributed by atoms with van der Waals surface area (Å²) in [4.78, 5) is 0. The van der Waals surface area contributed by atoms with E-state index < -0.39 is 0 Å². The van der Waals surface area contributed by atoms with Gasteiger partial charge in [0.1, 0.15) is 18.1 Å². The van der Waals surface area contributed by atoms with Crippen LogP contribution in [0.2, 0.25) is 0 Å². The van der Waals surface area contributed by atoms with Crippen LogP contribution in [-0.4, -0.2) is 49.9 Å². The lowest BCUT2D eigenvalue weighted by molar-refractivity contribution is 0.0247. The maximum Gasteiger partial charge on any atom is 0.123 e. The summed E-state index contributed by atoms with van der Waals surface area (Å²) in [5.74, 6) is 1.02. The molecule has 0 saturated carbocycles. The molecule has 0 radical (unpaired) electrons. The van der Waals surface area contributed by atoms with Gasteiger partial charge in [-0.05, 0) is 23.8 Å². The molecule has 2 aromatic carbocycles. The van der Waals surface area contributed by atoms with E-state index in [0.717, 1.165) is 16.9 Å². The van der Waals surface area contributed by atoms with E-state index in [1.165, 1.54) is 0 Å². The van der Waals surface area contributed by atoms with E-state index in [9.17, 15) is 5.11 Å². The Bertz CT molecular complexity index is 568. The Morgan fingerprint density at radius 2 is 1.39 bits per heavy atom. The van der Waals surface area contributed by atoms with Crippen molar-refractivity contribution in [2.45, 2.75) is 0 Å². The van der Waals surface area contributed by atoms with E-state index in [-0.39, 0.29) is 12.4 Å². The number of phenols is 1. The molecule has 5 nitrogen and oxygen atoms in total. The monoisotopic (exact) mass is 318 g/mol. The second-order valence-electron chi connectivity index (χ2n) is 4.84. The van der Waals surface area contributed by atoms with E-state index in [4.69, 9.17) is 19.3 Å². The molecule has 0 fully saturated rings. The number of hydrogen-bond acceptors (Lipinski definition) is 5. The van der Waals surface area contributed by atoms with Crippen molar-refractivity contribution in [3.63, 3.8) is 0 Å². The molecule has 0 aliphatic rings. The SMILES string of the molecule is OCCOCCOCCOc1ccc(-c2ccccc2O)cc1. The lowest BCUT2D eigenvalue weighted by Gasteiger charge is -2.09. The molecular formula is C18H22O5. The first-order valence-corrected chi connectivity index (χ1v) is 7.59. The molecular weight excluding hydrogens is 296 g/mol. The van der Waals surface area contributed by atoms with Crippen LogP contribution in [0.4, 0.5) is 0 Å². The molecule has 5 heteroatoms.